The highest BCUT2D eigenvalue weighted by Crippen LogP contribution is 2.55. The Labute approximate surface area is 372 Å². The minimum absolute atomic E-state index is 0.116. The molecule has 0 bridgehead atoms. The number of carbonyl (C=O) groups excluding carboxylic acids is 4. The lowest BCUT2D eigenvalue weighted by molar-refractivity contribution is -0.136. The number of carbonyl (C=O) groups is 4. The van der Waals surface area contributed by atoms with Crippen LogP contribution in [0, 0.1) is 5.41 Å². The molecule has 4 aromatic carbocycles. The third-order valence-corrected chi connectivity index (χ3v) is 13.5. The molecular formula is C50H53N7O7. The summed E-state index contributed by atoms with van der Waals surface area (Å²) in [5.41, 5.74) is 8.00. The summed E-state index contributed by atoms with van der Waals surface area (Å²) in [6.45, 7) is 2.97. The number of aliphatic imine (C=N–C) groups is 1. The van der Waals surface area contributed by atoms with Crippen molar-refractivity contribution in [2.75, 3.05) is 34.4 Å². The molecule has 5 atom stereocenters. The molecule has 4 heterocycles. The Kier molecular flexibility index (Phi) is 11.8. The van der Waals surface area contributed by atoms with Gasteiger partial charge in [-0.3, -0.25) is 14.6 Å². The van der Waals surface area contributed by atoms with Crippen molar-refractivity contribution in [3.05, 3.63) is 120 Å². The second-order valence-corrected chi connectivity index (χ2v) is 17.4. The van der Waals surface area contributed by atoms with Gasteiger partial charge in [0.05, 0.1) is 44.3 Å². The first-order valence-electron chi connectivity index (χ1n) is 21.9. The van der Waals surface area contributed by atoms with Gasteiger partial charge in [-0.05, 0) is 95.2 Å². The van der Waals surface area contributed by atoms with E-state index in [0.717, 1.165) is 82.1 Å². The van der Waals surface area contributed by atoms with Crippen LogP contribution in [-0.2, 0) is 23.8 Å². The molecule has 4 amide bonds. The van der Waals surface area contributed by atoms with Gasteiger partial charge in [-0.2, -0.15) is 0 Å². The van der Waals surface area contributed by atoms with Crippen LogP contribution < -0.4 is 10.6 Å². The molecule has 0 unspecified atom stereocenters. The van der Waals surface area contributed by atoms with Crippen molar-refractivity contribution in [1.82, 2.24) is 30.4 Å². The Morgan fingerprint density at radius 2 is 1.45 bits per heavy atom. The highest BCUT2D eigenvalue weighted by Gasteiger charge is 2.55. The van der Waals surface area contributed by atoms with Crippen LogP contribution in [0.3, 0.4) is 0 Å². The molecule has 3 N–H and O–H groups in total. The van der Waals surface area contributed by atoms with E-state index in [4.69, 9.17) is 24.2 Å². The van der Waals surface area contributed by atoms with Crippen molar-refractivity contribution >= 4 is 46.1 Å². The van der Waals surface area contributed by atoms with Crippen molar-refractivity contribution in [2.45, 2.75) is 75.7 Å². The molecule has 5 aromatic rings. The van der Waals surface area contributed by atoms with E-state index >= 15 is 0 Å². The van der Waals surface area contributed by atoms with Gasteiger partial charge in [0.25, 0.3) is 5.91 Å². The minimum Gasteiger partial charge on any atom is -0.453 e. The molecule has 1 aliphatic carbocycles. The molecule has 4 aliphatic rings. The molecule has 14 heteroatoms. The van der Waals surface area contributed by atoms with Crippen LogP contribution >= 0.6 is 0 Å². The number of nitrogens with one attached hydrogen (secondary N) is 3. The number of methoxy groups -OCH3 is 3. The van der Waals surface area contributed by atoms with Gasteiger partial charge in [-0.25, -0.2) is 14.6 Å². The summed E-state index contributed by atoms with van der Waals surface area (Å²) in [5, 5.41) is 7.61. The van der Waals surface area contributed by atoms with Crippen molar-refractivity contribution in [1.29, 1.82) is 0 Å². The molecule has 1 spiro atoms. The standard InChI is InChI=1S/C50H53N7O7/c1-30(62-2)43(54-48(60)63-3)46(58)57-29-50(20-21-50)26-42(57)39-25-38(27-51-39)32-14-12-31(13-15-32)34-16-17-36-24-37(19-18-35(36)23-34)40-28-52-45(53-40)41-11-8-22-56(41)47(59)44(55-49(61)64-4)33-9-6-5-7-10-33/h5-7,9-10,12-19,23-24,27-28,30,41-44H,8,11,20-22,25-26,29H2,1-4H3,(H,52,53)(H,54,60)(H,55,61)/t30-,41+,42+,43+,44-/m1/s1. The number of alkyl carbamates (subject to hydrolysis) is 2. The third-order valence-electron chi connectivity index (χ3n) is 13.5. The van der Waals surface area contributed by atoms with Gasteiger partial charge < -0.3 is 39.6 Å². The van der Waals surface area contributed by atoms with Crippen LogP contribution in [0.1, 0.15) is 74.5 Å². The number of allylic oxidation sites excluding steroid dienone is 1. The molecule has 9 rings (SSSR count). The Morgan fingerprint density at radius 1 is 0.781 bits per heavy atom. The average molecular weight is 864 g/mol. The maximum Gasteiger partial charge on any atom is 0.407 e. The Balaban J connectivity index is 0.858. The normalized spacial score (nSPS) is 20.1. The quantitative estimate of drug-likeness (QED) is 0.114. The number of imidazole rings is 1. The van der Waals surface area contributed by atoms with E-state index in [1.165, 1.54) is 21.3 Å². The number of hydrogen-bond donors (Lipinski definition) is 3. The van der Waals surface area contributed by atoms with Crippen LogP contribution in [-0.4, -0.2) is 102 Å². The fourth-order valence-electron chi connectivity index (χ4n) is 9.55. The lowest BCUT2D eigenvalue weighted by atomic mass is 9.94. The first-order chi connectivity index (χ1) is 31.1. The van der Waals surface area contributed by atoms with Gasteiger partial charge >= 0.3 is 12.2 Å². The number of H-pyrrole nitrogens is 1. The molecule has 1 aromatic heterocycles. The first-order valence-corrected chi connectivity index (χ1v) is 21.9. The molecule has 14 nitrogen and oxygen atoms in total. The fourth-order valence-corrected chi connectivity index (χ4v) is 9.55. The molecule has 0 radical (unpaired) electrons. The van der Waals surface area contributed by atoms with Gasteiger partial charge in [0.2, 0.25) is 5.91 Å². The number of ether oxygens (including phenoxy) is 3. The van der Waals surface area contributed by atoms with Gasteiger partial charge in [-0.1, -0.05) is 78.9 Å². The van der Waals surface area contributed by atoms with E-state index in [1.807, 2.05) is 47.6 Å². The molecular weight excluding hydrogens is 811 g/mol. The van der Waals surface area contributed by atoms with Crippen molar-refractivity contribution in [2.24, 2.45) is 10.4 Å². The van der Waals surface area contributed by atoms with Gasteiger partial charge in [0.1, 0.15) is 17.9 Å². The molecule has 64 heavy (non-hydrogen) atoms. The maximum atomic E-state index is 14.0. The Bertz CT molecular complexity index is 2640. The van der Waals surface area contributed by atoms with E-state index in [2.05, 4.69) is 76.3 Å². The molecule has 3 fully saturated rings. The summed E-state index contributed by atoms with van der Waals surface area (Å²) in [6, 6.07) is 28.4. The van der Waals surface area contributed by atoms with Crippen molar-refractivity contribution in [3.63, 3.8) is 0 Å². The zero-order valence-electron chi connectivity index (χ0n) is 36.5. The summed E-state index contributed by atoms with van der Waals surface area (Å²) in [7, 11) is 4.10. The zero-order valence-corrected chi connectivity index (χ0v) is 36.5. The number of likely N-dealkylation sites (tertiary alicyclic amines) is 2. The predicted molar refractivity (Wildman–Crippen MR) is 243 cm³/mol. The van der Waals surface area contributed by atoms with Crippen LogP contribution in [0.5, 0.6) is 0 Å². The number of nitrogens with zero attached hydrogens (tertiary/aromatic N) is 4. The lowest BCUT2D eigenvalue weighted by Crippen LogP contribution is -2.56. The van der Waals surface area contributed by atoms with Crippen molar-refractivity contribution < 1.29 is 33.4 Å². The monoisotopic (exact) mass is 863 g/mol. The van der Waals surface area contributed by atoms with E-state index < -0.39 is 30.4 Å². The fraction of sp³-hybridized carbons (Fsp3) is 0.360. The van der Waals surface area contributed by atoms with Crippen molar-refractivity contribution in [3.8, 4) is 22.4 Å². The number of aromatic amines is 1. The number of benzene rings is 4. The molecule has 1 saturated carbocycles. The summed E-state index contributed by atoms with van der Waals surface area (Å²) in [5.74, 6) is 0.320. The second-order valence-electron chi connectivity index (χ2n) is 17.4. The van der Waals surface area contributed by atoms with Gasteiger partial charge in [-0.15, -0.1) is 0 Å². The number of hydrogen-bond acceptors (Lipinski definition) is 9. The van der Waals surface area contributed by atoms with E-state index in [-0.39, 0.29) is 29.3 Å². The number of amides is 4. The largest absolute Gasteiger partial charge is 0.453 e. The van der Waals surface area contributed by atoms with E-state index in [0.29, 0.717) is 30.9 Å². The zero-order chi connectivity index (χ0) is 44.5. The topological polar surface area (TPSA) is 168 Å². The van der Waals surface area contributed by atoms with E-state index in [9.17, 15) is 19.2 Å². The second kappa shape index (κ2) is 17.8. The highest BCUT2D eigenvalue weighted by molar-refractivity contribution is 6.04. The van der Waals surface area contributed by atoms with Gasteiger partial charge in [0, 0.05) is 44.1 Å². The predicted octanol–water partition coefficient (Wildman–Crippen LogP) is 7.98. The lowest BCUT2D eigenvalue weighted by Gasteiger charge is -2.31. The van der Waals surface area contributed by atoms with Crippen LogP contribution in [0.2, 0.25) is 0 Å². The molecule has 330 valence electrons. The summed E-state index contributed by atoms with van der Waals surface area (Å²) < 4.78 is 15.2. The van der Waals surface area contributed by atoms with Gasteiger partial charge in [0.15, 0.2) is 0 Å². The Hall–Kier alpha value is -6.80. The highest BCUT2D eigenvalue weighted by atomic mass is 16.5. The first kappa shape index (κ1) is 42.5. The summed E-state index contributed by atoms with van der Waals surface area (Å²) in [6.07, 6.45) is 7.13. The molecule has 2 saturated heterocycles. The van der Waals surface area contributed by atoms with Crippen LogP contribution in [0.25, 0.3) is 38.7 Å². The average Bonchev–Trinajstić information content (AvgIpc) is 3.87. The SMILES string of the molecule is COC(=O)N[C@H](C(=O)N1CC2(CC2)C[C@H]1C1=NC=C(c2ccc(-c3ccc4cc(-c5cnc([C@@H]6CCCN6C(=O)[C@H](NC(=O)OC)c6ccccc6)[nH]5)ccc4c3)cc2)C1)[C@@H](C)OC. The maximum absolute atomic E-state index is 14.0. The number of aromatic nitrogens is 2. The van der Waals surface area contributed by atoms with Crippen LogP contribution in [0.15, 0.2) is 108 Å². The Morgan fingerprint density at radius 3 is 2.16 bits per heavy atom. The minimum atomic E-state index is -0.882. The molecule has 3 aliphatic heterocycles. The van der Waals surface area contributed by atoms with Crippen LogP contribution in [0.4, 0.5) is 9.59 Å². The summed E-state index contributed by atoms with van der Waals surface area (Å²) >= 11 is 0. The van der Waals surface area contributed by atoms with E-state index in [1.54, 1.807) is 11.8 Å². The number of rotatable bonds is 12. The smallest absolute Gasteiger partial charge is 0.407 e. The number of fused-ring (bicyclic) bond motifs is 1. The summed E-state index contributed by atoms with van der Waals surface area (Å²) in [4.78, 5) is 69.2. The third kappa shape index (κ3) is 8.49.